The third-order valence-electron chi connectivity index (χ3n) is 1.83. The number of esters is 1. The van der Waals surface area contributed by atoms with E-state index in [2.05, 4.69) is 4.74 Å². The Morgan fingerprint density at radius 3 is 2.69 bits per heavy atom. The van der Waals surface area contributed by atoms with Crippen molar-refractivity contribution in [2.45, 2.75) is 13.8 Å². The fourth-order valence-corrected chi connectivity index (χ4v) is 1.11. The monoisotopic (exact) mass is 222 g/mol. The summed E-state index contributed by atoms with van der Waals surface area (Å²) in [5.41, 5.74) is 0.259. The average molecular weight is 222 g/mol. The van der Waals surface area contributed by atoms with E-state index in [1.54, 1.807) is 24.3 Å². The molecule has 0 atom stereocenters. The molecule has 0 radical (unpaired) electrons. The van der Waals surface area contributed by atoms with Gasteiger partial charge in [-0.1, -0.05) is 26.0 Å². The summed E-state index contributed by atoms with van der Waals surface area (Å²) in [5.74, 6) is 0.000470. The molecule has 4 heteroatoms. The molecule has 86 valence electrons. The number of hydrogen-bond acceptors (Lipinski definition) is 4. The number of benzene rings is 1. The third kappa shape index (κ3) is 3.38. The molecule has 16 heavy (non-hydrogen) atoms. The maximum atomic E-state index is 11.6. The molecule has 0 aromatic heterocycles. The molecule has 0 fully saturated rings. The second kappa shape index (κ2) is 5.90. The number of carbonyl (C=O) groups excluding carboxylic acids is 2. The Morgan fingerprint density at radius 2 is 2.06 bits per heavy atom. The molecule has 1 rings (SSSR count). The lowest BCUT2D eigenvalue weighted by Crippen LogP contribution is -2.11. The minimum absolute atomic E-state index is 0.214. The summed E-state index contributed by atoms with van der Waals surface area (Å²) in [6.45, 7) is 4.52. The van der Waals surface area contributed by atoms with Crippen LogP contribution in [-0.2, 0) is 9.53 Å². The van der Waals surface area contributed by atoms with Gasteiger partial charge in [0.15, 0.2) is 0 Å². The number of carbonyl (C=O) groups is 2. The van der Waals surface area contributed by atoms with Gasteiger partial charge in [0, 0.05) is 0 Å². The summed E-state index contributed by atoms with van der Waals surface area (Å²) in [6, 6.07) is 6.46. The van der Waals surface area contributed by atoms with Gasteiger partial charge in [-0.2, -0.15) is 0 Å². The Balaban J connectivity index is 2.77. The van der Waals surface area contributed by atoms with Gasteiger partial charge in [-0.3, -0.25) is 4.79 Å². The van der Waals surface area contributed by atoms with Crippen LogP contribution >= 0.6 is 0 Å². The van der Waals surface area contributed by atoms with Crippen molar-refractivity contribution in [1.82, 2.24) is 0 Å². The van der Waals surface area contributed by atoms with E-state index in [4.69, 9.17) is 4.74 Å². The van der Waals surface area contributed by atoms with Crippen LogP contribution < -0.4 is 4.74 Å². The lowest BCUT2D eigenvalue weighted by molar-refractivity contribution is -0.120. The smallest absolute Gasteiger partial charge is 0.341 e. The first-order valence-electron chi connectivity index (χ1n) is 5.01. The van der Waals surface area contributed by atoms with Gasteiger partial charge in [0.1, 0.15) is 11.3 Å². The molecule has 0 aliphatic carbocycles. The normalized spacial score (nSPS) is 9.94. The number of rotatable bonds is 5. The van der Waals surface area contributed by atoms with Gasteiger partial charge in [-0.15, -0.1) is 0 Å². The predicted octanol–water partition coefficient (Wildman–Crippen LogP) is 2.03. The summed E-state index contributed by atoms with van der Waals surface area (Å²) in [6.07, 6.45) is 0. The largest absolute Gasteiger partial charge is 0.462 e. The van der Waals surface area contributed by atoms with Crippen molar-refractivity contribution in [3.63, 3.8) is 0 Å². The summed E-state index contributed by atoms with van der Waals surface area (Å²) in [7, 11) is 0. The first-order valence-corrected chi connectivity index (χ1v) is 5.01. The molecule has 0 bridgehead atoms. The van der Waals surface area contributed by atoms with Gasteiger partial charge in [0.05, 0.1) is 6.61 Å². The van der Waals surface area contributed by atoms with Crippen LogP contribution in [-0.4, -0.2) is 19.0 Å². The Labute approximate surface area is 94.2 Å². The van der Waals surface area contributed by atoms with Crippen LogP contribution in [0.25, 0.3) is 0 Å². The van der Waals surface area contributed by atoms with Crippen molar-refractivity contribution in [3.8, 4) is 5.75 Å². The van der Waals surface area contributed by atoms with Crippen LogP contribution in [0.15, 0.2) is 24.3 Å². The molecular formula is C12H14O4. The highest BCUT2D eigenvalue weighted by atomic mass is 16.5. The van der Waals surface area contributed by atoms with Gasteiger partial charge in [-0.25, -0.2) is 4.79 Å². The van der Waals surface area contributed by atoms with Crippen LogP contribution in [0, 0.1) is 5.92 Å². The second-order valence-corrected chi connectivity index (χ2v) is 3.70. The molecule has 0 spiro atoms. The first kappa shape index (κ1) is 12.2. The molecule has 0 heterocycles. The zero-order chi connectivity index (χ0) is 12.0. The SMILES string of the molecule is CC(C)COC(=O)c1ccccc1OC=O. The van der Waals surface area contributed by atoms with Crippen molar-refractivity contribution in [3.05, 3.63) is 29.8 Å². The number of hydrogen-bond donors (Lipinski definition) is 0. The van der Waals surface area contributed by atoms with Crippen LogP contribution in [0.2, 0.25) is 0 Å². The van der Waals surface area contributed by atoms with Crippen molar-refractivity contribution >= 4 is 12.4 Å². The molecule has 1 aromatic rings. The van der Waals surface area contributed by atoms with Crippen molar-refractivity contribution < 1.29 is 19.1 Å². The van der Waals surface area contributed by atoms with Crippen molar-refractivity contribution in [2.75, 3.05) is 6.61 Å². The Morgan fingerprint density at radius 1 is 1.38 bits per heavy atom. The standard InChI is InChI=1S/C12H14O4/c1-9(2)7-15-12(14)10-5-3-4-6-11(10)16-8-13/h3-6,8-9H,7H2,1-2H3. The van der Waals surface area contributed by atoms with Gasteiger partial charge < -0.3 is 9.47 Å². The second-order valence-electron chi connectivity index (χ2n) is 3.70. The van der Waals surface area contributed by atoms with Gasteiger partial charge in [0.25, 0.3) is 6.47 Å². The van der Waals surface area contributed by atoms with Crippen molar-refractivity contribution in [2.24, 2.45) is 5.92 Å². The minimum atomic E-state index is -0.480. The van der Waals surface area contributed by atoms with Crippen molar-refractivity contribution in [1.29, 1.82) is 0 Å². The van der Waals surface area contributed by atoms with Gasteiger partial charge in [-0.05, 0) is 18.1 Å². The van der Waals surface area contributed by atoms with E-state index in [9.17, 15) is 9.59 Å². The van der Waals surface area contributed by atoms with Gasteiger partial charge in [0.2, 0.25) is 0 Å². The van der Waals surface area contributed by atoms with E-state index in [-0.39, 0.29) is 23.7 Å². The summed E-state index contributed by atoms with van der Waals surface area (Å²) in [5, 5.41) is 0. The van der Waals surface area contributed by atoms with E-state index >= 15 is 0 Å². The highest BCUT2D eigenvalue weighted by Gasteiger charge is 2.13. The molecule has 0 N–H and O–H groups in total. The Hall–Kier alpha value is -1.84. The topological polar surface area (TPSA) is 52.6 Å². The summed E-state index contributed by atoms with van der Waals surface area (Å²) >= 11 is 0. The zero-order valence-corrected chi connectivity index (χ0v) is 9.30. The minimum Gasteiger partial charge on any atom is -0.462 e. The van der Waals surface area contributed by atoms with E-state index in [0.717, 1.165) is 0 Å². The van der Waals surface area contributed by atoms with Gasteiger partial charge >= 0.3 is 5.97 Å². The predicted molar refractivity (Wildman–Crippen MR) is 58.3 cm³/mol. The maximum Gasteiger partial charge on any atom is 0.341 e. The summed E-state index contributed by atoms with van der Waals surface area (Å²) < 4.78 is 9.73. The van der Waals surface area contributed by atoms with E-state index in [1.165, 1.54) is 0 Å². The lowest BCUT2D eigenvalue weighted by atomic mass is 10.2. The Kier molecular flexibility index (Phi) is 4.51. The van der Waals surface area contributed by atoms with E-state index in [0.29, 0.717) is 6.61 Å². The molecular weight excluding hydrogens is 208 g/mol. The molecule has 1 aromatic carbocycles. The quantitative estimate of drug-likeness (QED) is 0.565. The third-order valence-corrected chi connectivity index (χ3v) is 1.83. The van der Waals surface area contributed by atoms with Crippen LogP contribution in [0.1, 0.15) is 24.2 Å². The fraction of sp³-hybridized carbons (Fsp3) is 0.333. The molecule has 4 nitrogen and oxygen atoms in total. The van der Waals surface area contributed by atoms with Crippen LogP contribution in [0.4, 0.5) is 0 Å². The molecule has 0 saturated carbocycles. The van der Waals surface area contributed by atoms with E-state index in [1.807, 2.05) is 13.8 Å². The maximum absolute atomic E-state index is 11.6. The number of ether oxygens (including phenoxy) is 2. The highest BCUT2D eigenvalue weighted by molar-refractivity contribution is 5.92. The molecule has 0 aliphatic heterocycles. The van der Waals surface area contributed by atoms with E-state index < -0.39 is 5.97 Å². The summed E-state index contributed by atoms with van der Waals surface area (Å²) in [4.78, 5) is 21.9. The zero-order valence-electron chi connectivity index (χ0n) is 9.30. The molecule has 0 saturated heterocycles. The molecule has 0 aliphatic rings. The molecule has 0 unspecified atom stereocenters. The highest BCUT2D eigenvalue weighted by Crippen LogP contribution is 2.18. The lowest BCUT2D eigenvalue weighted by Gasteiger charge is -2.09. The molecule has 0 amide bonds. The van der Waals surface area contributed by atoms with Crippen LogP contribution in [0.3, 0.4) is 0 Å². The number of para-hydroxylation sites is 1. The van der Waals surface area contributed by atoms with Crippen LogP contribution in [0.5, 0.6) is 5.75 Å². The average Bonchev–Trinajstić information content (AvgIpc) is 2.27. The first-order chi connectivity index (χ1) is 7.65. The Bertz CT molecular complexity index is 371. The fourth-order valence-electron chi connectivity index (χ4n) is 1.11.